The van der Waals surface area contributed by atoms with Crippen LogP contribution in [0, 0.1) is 5.82 Å². The van der Waals surface area contributed by atoms with Crippen LogP contribution in [-0.4, -0.2) is 188 Å². The Morgan fingerprint density at radius 1 is 0.717 bits per heavy atom. The number of ether oxygens (including phenoxy) is 1. The number of aromatic nitrogens is 6. The van der Waals surface area contributed by atoms with Crippen LogP contribution in [0.15, 0.2) is 67.0 Å². The monoisotopic (exact) mass is 1260 g/mol. The lowest BCUT2D eigenvalue weighted by molar-refractivity contribution is -0.147. The van der Waals surface area contributed by atoms with Crippen LogP contribution in [0.25, 0.3) is 32.9 Å². The average molecular weight is 1270 g/mol. The molecule has 3 aromatic carbocycles. The highest BCUT2D eigenvalue weighted by Crippen LogP contribution is 2.40. The van der Waals surface area contributed by atoms with Gasteiger partial charge in [-0.15, -0.1) is 0 Å². The molecule has 25 nitrogen and oxygen atoms in total. The van der Waals surface area contributed by atoms with Gasteiger partial charge in [0.25, 0.3) is 5.91 Å². The molecule has 3 aromatic heterocycles. The van der Waals surface area contributed by atoms with Crippen molar-refractivity contribution in [1.29, 1.82) is 0 Å². The number of carbonyl (C=O) groups excluding carboxylic acids is 8. The number of carbonyl (C=O) groups is 8. The van der Waals surface area contributed by atoms with Crippen LogP contribution in [-0.2, 0) is 47.1 Å². The highest BCUT2D eigenvalue weighted by atomic mass is 19.1. The average Bonchev–Trinajstić information content (AvgIpc) is 1.59. The number of likely N-dealkylation sites (N-methyl/N-ethyl adjacent to an activating group) is 1. The number of halogens is 1. The molecule has 10 rings (SSSR count). The predicted octanol–water partition coefficient (Wildman–Crippen LogP) is 6.23. The van der Waals surface area contributed by atoms with E-state index in [2.05, 4.69) is 48.4 Å². The summed E-state index contributed by atoms with van der Waals surface area (Å²) in [6.45, 7) is 7.95. The number of fused-ring (bicyclic) bond motifs is 2. The fourth-order valence-electron chi connectivity index (χ4n) is 13.0. The van der Waals surface area contributed by atoms with E-state index in [-0.39, 0.29) is 85.8 Å². The van der Waals surface area contributed by atoms with E-state index in [1.165, 1.54) is 11.6 Å². The van der Waals surface area contributed by atoms with Crippen LogP contribution in [0.3, 0.4) is 0 Å². The summed E-state index contributed by atoms with van der Waals surface area (Å²) in [4.78, 5) is 121. The van der Waals surface area contributed by atoms with Gasteiger partial charge in [-0.3, -0.25) is 42.9 Å². The van der Waals surface area contributed by atoms with E-state index in [9.17, 15) is 38.4 Å². The second kappa shape index (κ2) is 30.3. The highest BCUT2D eigenvalue weighted by molar-refractivity contribution is 6.00. The molecule has 4 saturated heterocycles. The second-order valence-electron chi connectivity index (χ2n) is 24.8. The van der Waals surface area contributed by atoms with Crippen molar-refractivity contribution >= 4 is 86.6 Å². The third-order valence-electron chi connectivity index (χ3n) is 18.1. The third-order valence-corrected chi connectivity index (χ3v) is 18.1. The number of likely N-dealkylation sites (tertiary alicyclic amines) is 2. The maximum atomic E-state index is 16.0. The Kier molecular flexibility index (Phi) is 21.6. The molecule has 490 valence electrons. The van der Waals surface area contributed by atoms with E-state index in [0.29, 0.717) is 116 Å². The van der Waals surface area contributed by atoms with E-state index in [0.717, 1.165) is 75.5 Å². The molecular weight excluding hydrogens is 1180 g/mol. The summed E-state index contributed by atoms with van der Waals surface area (Å²) in [5.74, 6) is -1.90. The van der Waals surface area contributed by atoms with Crippen molar-refractivity contribution < 1.29 is 47.5 Å². The van der Waals surface area contributed by atoms with Gasteiger partial charge in [0.1, 0.15) is 24.7 Å². The lowest BCUT2D eigenvalue weighted by Crippen LogP contribution is -2.49. The lowest BCUT2D eigenvalue weighted by Gasteiger charge is -2.37. The molecule has 0 saturated carbocycles. The number of esters is 1. The quantitative estimate of drug-likeness (QED) is 0.0297. The van der Waals surface area contributed by atoms with Gasteiger partial charge in [-0.1, -0.05) is 43.5 Å². The van der Waals surface area contributed by atoms with Crippen LogP contribution >= 0.6 is 0 Å². The normalized spacial score (nSPS) is 16.6. The molecule has 0 bridgehead atoms. The number of piperidine rings is 3. The van der Waals surface area contributed by atoms with Crippen molar-refractivity contribution in [3.05, 3.63) is 89.8 Å². The summed E-state index contributed by atoms with van der Waals surface area (Å²) < 4.78 is 24.3. The number of hydrogen-bond donors (Lipinski definition) is 5. The molecular formula is C66H85FN16O9. The highest BCUT2D eigenvalue weighted by Gasteiger charge is 2.36. The largest absolute Gasteiger partial charge is 0.462 e. The molecule has 6 N–H and O–H groups in total. The van der Waals surface area contributed by atoms with Gasteiger partial charge in [0.15, 0.2) is 11.5 Å². The summed E-state index contributed by atoms with van der Waals surface area (Å²) in [6.07, 6.45) is 12.4. The summed E-state index contributed by atoms with van der Waals surface area (Å²) in [5.41, 5.74) is 10.6. The van der Waals surface area contributed by atoms with E-state index < -0.39 is 29.5 Å². The van der Waals surface area contributed by atoms with Gasteiger partial charge in [0.2, 0.25) is 29.5 Å². The Balaban J connectivity index is 0.617. The van der Waals surface area contributed by atoms with Crippen LogP contribution in [0.1, 0.15) is 137 Å². The molecule has 4 fully saturated rings. The number of rotatable bonds is 26. The Hall–Kier alpha value is -9.23. The first-order chi connectivity index (χ1) is 44.4. The van der Waals surface area contributed by atoms with Crippen molar-refractivity contribution in [3.8, 4) is 11.1 Å². The van der Waals surface area contributed by atoms with Crippen LogP contribution in [0.5, 0.6) is 0 Å². The van der Waals surface area contributed by atoms with Crippen molar-refractivity contribution in [2.45, 2.75) is 134 Å². The van der Waals surface area contributed by atoms with Gasteiger partial charge in [0, 0.05) is 120 Å². The SMILES string of the molecule is CC(C)OC(=O)CNC(=O)CNC(=O)Cn1nc(C2CCN(C(=O)CCC(=O)NCCCCCCCC(=O)N3CCC(c4ccc(Nc5nc(N6CCC[C@@H](N7CCN(C)C7=O)C6)cnc5C(N)=O)cc4)CC3)CC2)c2c(-c3cc4c(cnn4C)cc3F)cccc21. The van der Waals surface area contributed by atoms with Gasteiger partial charge in [-0.05, 0) is 113 Å². The molecule has 8 amide bonds. The first kappa shape index (κ1) is 65.7. The maximum Gasteiger partial charge on any atom is 0.325 e. The van der Waals surface area contributed by atoms with Crippen LogP contribution in [0.4, 0.5) is 26.5 Å². The molecule has 4 aliphatic heterocycles. The second-order valence-corrected chi connectivity index (χ2v) is 24.8. The van der Waals surface area contributed by atoms with E-state index in [1.807, 2.05) is 41.1 Å². The van der Waals surface area contributed by atoms with Crippen LogP contribution < -0.4 is 31.9 Å². The maximum absolute atomic E-state index is 16.0. The molecule has 0 spiro atoms. The Morgan fingerprint density at radius 2 is 1.42 bits per heavy atom. The van der Waals surface area contributed by atoms with Crippen molar-refractivity contribution in [3.63, 3.8) is 0 Å². The number of primary amides is 1. The summed E-state index contributed by atoms with van der Waals surface area (Å²) in [7, 11) is 3.61. The fourth-order valence-corrected chi connectivity index (χ4v) is 13.0. The number of anilines is 3. The van der Waals surface area contributed by atoms with Gasteiger partial charge < -0.3 is 56.2 Å². The van der Waals surface area contributed by atoms with Gasteiger partial charge >= 0.3 is 12.0 Å². The first-order valence-corrected chi connectivity index (χ1v) is 32.3. The third kappa shape index (κ3) is 16.3. The number of hydrogen-bond acceptors (Lipinski definition) is 15. The minimum Gasteiger partial charge on any atom is -0.462 e. The zero-order valence-corrected chi connectivity index (χ0v) is 53.1. The number of urea groups is 1. The summed E-state index contributed by atoms with van der Waals surface area (Å²) >= 11 is 0. The molecule has 0 aliphatic carbocycles. The number of nitrogens with one attached hydrogen (secondary N) is 4. The van der Waals surface area contributed by atoms with Gasteiger partial charge in [0.05, 0.1) is 47.8 Å². The zero-order valence-electron chi connectivity index (χ0n) is 53.1. The minimum absolute atomic E-state index is 0.0442. The smallest absolute Gasteiger partial charge is 0.325 e. The minimum atomic E-state index is -0.686. The molecule has 0 radical (unpaired) electrons. The molecule has 7 heterocycles. The number of nitrogens with zero attached hydrogens (tertiary/aromatic N) is 11. The topological polar surface area (TPSA) is 298 Å². The molecule has 6 aromatic rings. The number of amides is 8. The number of nitrogens with two attached hydrogens (primary N) is 1. The van der Waals surface area contributed by atoms with Gasteiger partial charge in [-0.2, -0.15) is 10.2 Å². The Morgan fingerprint density at radius 3 is 2.14 bits per heavy atom. The first-order valence-electron chi connectivity index (χ1n) is 32.3. The Labute approximate surface area is 534 Å². The number of benzene rings is 3. The predicted molar refractivity (Wildman–Crippen MR) is 344 cm³/mol. The number of aryl methyl sites for hydroxylation is 1. The molecule has 0 unspecified atom stereocenters. The van der Waals surface area contributed by atoms with E-state index >= 15 is 4.39 Å². The van der Waals surface area contributed by atoms with E-state index in [4.69, 9.17) is 20.6 Å². The lowest BCUT2D eigenvalue weighted by atomic mass is 9.88. The fraction of sp³-hybridized carbons (Fsp3) is 0.515. The van der Waals surface area contributed by atoms with Crippen molar-refractivity contribution in [2.24, 2.45) is 12.8 Å². The van der Waals surface area contributed by atoms with Crippen LogP contribution in [0.2, 0.25) is 0 Å². The molecule has 1 atom stereocenters. The molecule has 4 aliphatic rings. The summed E-state index contributed by atoms with van der Waals surface area (Å²) in [5, 5.41) is 21.9. The van der Waals surface area contributed by atoms with Gasteiger partial charge in [-0.25, -0.2) is 19.2 Å². The Bertz CT molecular complexity index is 3670. The van der Waals surface area contributed by atoms with Crippen molar-refractivity contribution in [2.75, 3.05) is 89.3 Å². The standard InChI is InChI=1S/C66H85FN16O9/c1-42(2)92-60(89)39-71-56(85)38-70-57(86)41-83-52-14-10-13-49(50-35-53-46(34-51(50)67)36-73-78(53)4)61(52)62(76-83)45-24-30-80(31-25-45)59(88)21-20-55(84)69-26-9-7-5-6-8-15-58(87)79-28-22-44(23-29-79)43-16-18-47(19-17-43)74-65-63(64(68)90)72-37-54(75-65)81-27-11-12-48(40-81)82-33-32-77(3)66(82)91/h10,13-14,16-19,34-37,42,44-45,48H,5-9,11-12,15,20-33,38-41H2,1-4H3,(H2,68,90)(H,69,84)(H,70,86)(H,71,85)(H,74,75)/t48-/m1/s1. The molecule has 26 heteroatoms. The van der Waals surface area contributed by atoms with E-state index in [1.54, 1.807) is 64.6 Å². The summed E-state index contributed by atoms with van der Waals surface area (Å²) in [6, 6.07) is 16.8. The molecule has 92 heavy (non-hydrogen) atoms. The number of unbranched alkanes of at least 4 members (excludes halogenated alkanes) is 4. The van der Waals surface area contributed by atoms with Crippen molar-refractivity contribution in [1.82, 2.24) is 65.1 Å². The zero-order chi connectivity index (χ0) is 65.0.